The first-order valence-corrected chi connectivity index (χ1v) is 10.9. The van der Waals surface area contributed by atoms with E-state index in [1.54, 1.807) is 20.1 Å². The lowest BCUT2D eigenvalue weighted by Gasteiger charge is -2.34. The fourth-order valence-corrected chi connectivity index (χ4v) is 4.18. The molecule has 4 unspecified atom stereocenters. The number of rotatable bonds is 7. The molecular weight excluding hydrogens is 422 g/mol. The van der Waals surface area contributed by atoms with Crippen LogP contribution in [0.4, 0.5) is 0 Å². The minimum Gasteiger partial charge on any atom is -0.493 e. The van der Waals surface area contributed by atoms with Crippen LogP contribution in [0.15, 0.2) is 48.5 Å². The molecule has 1 aliphatic heterocycles. The second kappa shape index (κ2) is 10.7. The highest BCUT2D eigenvalue weighted by molar-refractivity contribution is 5.81. The maximum Gasteiger partial charge on any atom is 0.253 e. The van der Waals surface area contributed by atoms with Crippen LogP contribution in [0.2, 0.25) is 0 Å². The van der Waals surface area contributed by atoms with E-state index >= 15 is 0 Å². The van der Waals surface area contributed by atoms with Gasteiger partial charge in [-0.3, -0.25) is 4.79 Å². The quantitative estimate of drug-likeness (QED) is 0.553. The predicted octanol–water partition coefficient (Wildman–Crippen LogP) is 1.79. The van der Waals surface area contributed by atoms with Crippen LogP contribution < -0.4 is 9.47 Å². The third kappa shape index (κ3) is 5.48. The summed E-state index contributed by atoms with van der Waals surface area (Å²) in [5.74, 6) is 6.36. The standard InChI is InChI=1S/C26H31NO6/c1-18(29)26(2)17-27(25(31)22(30)16-28)15-21(26)20-11-12-23(32-3)24(14-20)33-13-7-10-19-8-5-4-6-9-19/h4-6,8-9,11-12,14,18,21-22,28-30H,13,15-17H2,1-3H3. The monoisotopic (exact) mass is 453 g/mol. The van der Waals surface area contributed by atoms with E-state index in [4.69, 9.17) is 14.6 Å². The van der Waals surface area contributed by atoms with E-state index in [0.717, 1.165) is 11.1 Å². The van der Waals surface area contributed by atoms with Crippen molar-refractivity contribution in [2.75, 3.05) is 33.4 Å². The van der Waals surface area contributed by atoms with Crippen molar-refractivity contribution in [3.63, 3.8) is 0 Å². The third-order valence-electron chi connectivity index (χ3n) is 6.35. The Morgan fingerprint density at radius 2 is 1.94 bits per heavy atom. The van der Waals surface area contributed by atoms with Crippen molar-refractivity contribution in [2.24, 2.45) is 5.41 Å². The van der Waals surface area contributed by atoms with Gasteiger partial charge in [-0.05, 0) is 36.8 Å². The van der Waals surface area contributed by atoms with Crippen LogP contribution in [0.5, 0.6) is 11.5 Å². The van der Waals surface area contributed by atoms with Crippen LogP contribution in [-0.2, 0) is 4.79 Å². The fourth-order valence-electron chi connectivity index (χ4n) is 4.18. The molecule has 0 spiro atoms. The van der Waals surface area contributed by atoms with Crippen molar-refractivity contribution in [2.45, 2.75) is 32.0 Å². The molecule has 33 heavy (non-hydrogen) atoms. The van der Waals surface area contributed by atoms with Crippen molar-refractivity contribution in [3.8, 4) is 23.3 Å². The van der Waals surface area contributed by atoms with E-state index in [-0.39, 0.29) is 19.1 Å². The fraction of sp³-hybridized carbons (Fsp3) is 0.423. The van der Waals surface area contributed by atoms with Crippen LogP contribution in [0.25, 0.3) is 0 Å². The lowest BCUT2D eigenvalue weighted by atomic mass is 9.72. The van der Waals surface area contributed by atoms with Gasteiger partial charge in [0.05, 0.1) is 19.8 Å². The van der Waals surface area contributed by atoms with Crippen LogP contribution in [0.1, 0.15) is 30.9 Å². The number of likely N-dealkylation sites (tertiary alicyclic amines) is 1. The van der Waals surface area contributed by atoms with Crippen LogP contribution >= 0.6 is 0 Å². The summed E-state index contributed by atoms with van der Waals surface area (Å²) in [4.78, 5) is 14.0. The van der Waals surface area contributed by atoms with Gasteiger partial charge < -0.3 is 29.7 Å². The molecule has 4 atom stereocenters. The summed E-state index contributed by atoms with van der Waals surface area (Å²) in [7, 11) is 1.56. The minimum atomic E-state index is -1.47. The van der Waals surface area contributed by atoms with Gasteiger partial charge in [0.1, 0.15) is 6.61 Å². The molecule has 7 heteroatoms. The van der Waals surface area contributed by atoms with Crippen molar-refractivity contribution < 1.29 is 29.6 Å². The molecule has 1 aliphatic rings. The van der Waals surface area contributed by atoms with Gasteiger partial charge in [-0.25, -0.2) is 0 Å². The Labute approximate surface area is 194 Å². The SMILES string of the molecule is COc1ccc(C2CN(C(=O)C(O)CO)CC2(C)C(C)O)cc1OCC#Cc1ccccc1. The number of carbonyl (C=O) groups is 1. The lowest BCUT2D eigenvalue weighted by molar-refractivity contribution is -0.141. The molecule has 0 aromatic heterocycles. The molecule has 2 aromatic carbocycles. The molecule has 0 radical (unpaired) electrons. The Hall–Kier alpha value is -3.05. The topological polar surface area (TPSA) is 99.5 Å². The number of amides is 1. The van der Waals surface area contributed by atoms with Crippen LogP contribution in [0, 0.1) is 17.3 Å². The first-order chi connectivity index (χ1) is 15.8. The van der Waals surface area contributed by atoms with E-state index in [2.05, 4.69) is 11.8 Å². The van der Waals surface area contributed by atoms with Gasteiger partial charge in [-0.2, -0.15) is 0 Å². The minimum absolute atomic E-state index is 0.167. The van der Waals surface area contributed by atoms with E-state index < -0.39 is 30.1 Å². The summed E-state index contributed by atoms with van der Waals surface area (Å²) >= 11 is 0. The van der Waals surface area contributed by atoms with Crippen molar-refractivity contribution in [1.82, 2.24) is 4.90 Å². The van der Waals surface area contributed by atoms with Gasteiger partial charge in [0.15, 0.2) is 17.6 Å². The van der Waals surface area contributed by atoms with E-state index in [1.807, 2.05) is 49.4 Å². The Balaban J connectivity index is 1.83. The Bertz CT molecular complexity index is 1010. The number of carbonyl (C=O) groups excluding carboxylic acids is 1. The molecule has 176 valence electrons. The van der Waals surface area contributed by atoms with E-state index in [0.29, 0.717) is 18.0 Å². The Morgan fingerprint density at radius 3 is 2.58 bits per heavy atom. The Kier molecular flexibility index (Phi) is 7.98. The van der Waals surface area contributed by atoms with E-state index in [1.165, 1.54) is 4.90 Å². The summed E-state index contributed by atoms with van der Waals surface area (Å²) in [5, 5.41) is 29.5. The zero-order chi connectivity index (χ0) is 24.0. The van der Waals surface area contributed by atoms with Crippen LogP contribution in [0.3, 0.4) is 0 Å². The molecule has 7 nitrogen and oxygen atoms in total. The van der Waals surface area contributed by atoms with Gasteiger partial charge in [0.25, 0.3) is 5.91 Å². The highest BCUT2D eigenvalue weighted by Gasteiger charge is 2.49. The van der Waals surface area contributed by atoms with Gasteiger partial charge in [-0.15, -0.1) is 0 Å². The number of methoxy groups -OCH3 is 1. The van der Waals surface area contributed by atoms with Gasteiger partial charge in [0, 0.05) is 30.0 Å². The number of aliphatic hydroxyl groups is 3. The Morgan fingerprint density at radius 1 is 1.21 bits per heavy atom. The number of nitrogens with zero attached hydrogens (tertiary/aromatic N) is 1. The lowest BCUT2D eigenvalue weighted by Crippen LogP contribution is -2.42. The van der Waals surface area contributed by atoms with Gasteiger partial charge in [-0.1, -0.05) is 43.0 Å². The van der Waals surface area contributed by atoms with Gasteiger partial charge >= 0.3 is 0 Å². The highest BCUT2D eigenvalue weighted by Crippen LogP contribution is 2.47. The summed E-state index contributed by atoms with van der Waals surface area (Å²) in [5.41, 5.74) is 1.12. The average molecular weight is 454 g/mol. The maximum absolute atomic E-state index is 12.5. The molecule has 2 aromatic rings. The summed E-state index contributed by atoms with van der Waals surface area (Å²) in [6.45, 7) is 3.70. The smallest absolute Gasteiger partial charge is 0.253 e. The van der Waals surface area contributed by atoms with Gasteiger partial charge in [0.2, 0.25) is 0 Å². The number of ether oxygens (including phenoxy) is 2. The molecule has 3 rings (SSSR count). The van der Waals surface area contributed by atoms with Crippen LogP contribution in [-0.4, -0.2) is 71.7 Å². The number of benzene rings is 2. The molecule has 1 fully saturated rings. The normalized spacial score (nSPS) is 21.6. The molecule has 0 aliphatic carbocycles. The van der Waals surface area contributed by atoms with Crippen molar-refractivity contribution in [3.05, 3.63) is 59.7 Å². The zero-order valence-electron chi connectivity index (χ0n) is 19.2. The molecule has 3 N–H and O–H groups in total. The molecular formula is C26H31NO6. The number of hydrogen-bond donors (Lipinski definition) is 3. The highest BCUT2D eigenvalue weighted by atomic mass is 16.5. The first kappa shape index (κ1) is 24.6. The number of hydrogen-bond acceptors (Lipinski definition) is 6. The first-order valence-electron chi connectivity index (χ1n) is 10.9. The largest absolute Gasteiger partial charge is 0.493 e. The second-order valence-electron chi connectivity index (χ2n) is 8.52. The van der Waals surface area contributed by atoms with Crippen molar-refractivity contribution in [1.29, 1.82) is 0 Å². The second-order valence-corrected chi connectivity index (χ2v) is 8.52. The average Bonchev–Trinajstić information content (AvgIpc) is 3.20. The summed E-state index contributed by atoms with van der Waals surface area (Å²) < 4.78 is 11.3. The molecule has 0 saturated carbocycles. The number of aliphatic hydroxyl groups excluding tert-OH is 3. The zero-order valence-corrected chi connectivity index (χ0v) is 19.2. The summed E-state index contributed by atoms with van der Waals surface area (Å²) in [6, 6.07) is 15.2. The third-order valence-corrected chi connectivity index (χ3v) is 6.35. The molecule has 0 bridgehead atoms. The molecule has 1 heterocycles. The molecule has 1 amide bonds. The van der Waals surface area contributed by atoms with Crippen molar-refractivity contribution >= 4 is 5.91 Å². The van der Waals surface area contributed by atoms with E-state index in [9.17, 15) is 15.0 Å². The molecule has 1 saturated heterocycles. The maximum atomic E-state index is 12.5. The predicted molar refractivity (Wildman–Crippen MR) is 124 cm³/mol. The summed E-state index contributed by atoms with van der Waals surface area (Å²) in [6.07, 6.45) is -2.19.